The predicted molar refractivity (Wildman–Crippen MR) is 118 cm³/mol. The van der Waals surface area contributed by atoms with Crippen molar-refractivity contribution in [2.24, 2.45) is 4.99 Å². The number of hydrogen-bond acceptors (Lipinski definition) is 5. The predicted octanol–water partition coefficient (Wildman–Crippen LogP) is 5.59. The zero-order valence-corrected chi connectivity index (χ0v) is 18.6. The van der Waals surface area contributed by atoms with Crippen molar-refractivity contribution >= 4 is 38.0 Å². The van der Waals surface area contributed by atoms with Gasteiger partial charge >= 0.3 is 10.1 Å². The van der Waals surface area contributed by atoms with Crippen LogP contribution >= 0.6 is 15.9 Å². The molecule has 0 spiro atoms. The normalized spacial score (nSPS) is 11.6. The SMILES string of the molecule is COc1cc(C=Nc2ccc(C)c(C)c2)cc(Br)c1OS(=O)(=O)c1ccccc1. The van der Waals surface area contributed by atoms with Gasteiger partial charge < -0.3 is 8.92 Å². The maximum atomic E-state index is 12.6. The van der Waals surface area contributed by atoms with E-state index in [4.69, 9.17) is 8.92 Å². The maximum absolute atomic E-state index is 12.6. The summed E-state index contributed by atoms with van der Waals surface area (Å²) in [6.45, 7) is 4.08. The van der Waals surface area contributed by atoms with E-state index in [1.54, 1.807) is 36.5 Å². The van der Waals surface area contributed by atoms with Gasteiger partial charge in [0.05, 0.1) is 17.3 Å². The summed E-state index contributed by atoms with van der Waals surface area (Å²) in [6, 6.07) is 17.3. The van der Waals surface area contributed by atoms with E-state index < -0.39 is 10.1 Å². The Bertz CT molecular complexity index is 1160. The summed E-state index contributed by atoms with van der Waals surface area (Å²) in [4.78, 5) is 4.55. The standard InChI is InChI=1S/C22H20BrNO4S/c1-15-9-10-18(11-16(15)2)24-14-17-12-20(23)22(21(13-17)27-3)28-29(25,26)19-7-5-4-6-8-19/h4-14H,1-3H3. The Morgan fingerprint density at radius 3 is 2.34 bits per heavy atom. The third-order valence-electron chi connectivity index (χ3n) is 4.33. The van der Waals surface area contributed by atoms with E-state index >= 15 is 0 Å². The van der Waals surface area contributed by atoms with Crippen LogP contribution in [0.5, 0.6) is 11.5 Å². The van der Waals surface area contributed by atoms with Crippen LogP contribution in [0.3, 0.4) is 0 Å². The highest BCUT2D eigenvalue weighted by Crippen LogP contribution is 2.38. The lowest BCUT2D eigenvalue weighted by Crippen LogP contribution is -2.11. The average Bonchev–Trinajstić information content (AvgIpc) is 2.71. The topological polar surface area (TPSA) is 65.0 Å². The third-order valence-corrected chi connectivity index (χ3v) is 6.15. The molecule has 0 aliphatic rings. The first-order valence-electron chi connectivity index (χ1n) is 8.78. The van der Waals surface area contributed by atoms with Crippen molar-refractivity contribution in [3.05, 3.63) is 81.8 Å². The minimum atomic E-state index is -3.99. The lowest BCUT2D eigenvalue weighted by atomic mass is 10.1. The number of aryl methyl sites for hydroxylation is 2. The summed E-state index contributed by atoms with van der Waals surface area (Å²) in [5.74, 6) is 0.361. The molecule has 0 aliphatic carbocycles. The van der Waals surface area contributed by atoms with Gasteiger partial charge in [0, 0.05) is 6.21 Å². The van der Waals surface area contributed by atoms with Crippen LogP contribution in [0.15, 0.2) is 75.0 Å². The Morgan fingerprint density at radius 2 is 1.69 bits per heavy atom. The van der Waals surface area contributed by atoms with Crippen molar-refractivity contribution in [1.82, 2.24) is 0 Å². The second-order valence-electron chi connectivity index (χ2n) is 6.41. The average molecular weight is 474 g/mol. The molecule has 3 aromatic carbocycles. The Labute approximate surface area is 179 Å². The molecule has 0 fully saturated rings. The molecule has 150 valence electrons. The van der Waals surface area contributed by atoms with Gasteiger partial charge in [-0.2, -0.15) is 8.42 Å². The van der Waals surface area contributed by atoms with Gasteiger partial charge in [0.25, 0.3) is 0 Å². The van der Waals surface area contributed by atoms with Gasteiger partial charge in [0.15, 0.2) is 11.5 Å². The fourth-order valence-electron chi connectivity index (χ4n) is 2.60. The van der Waals surface area contributed by atoms with Gasteiger partial charge in [-0.15, -0.1) is 0 Å². The Kier molecular flexibility index (Phi) is 6.39. The van der Waals surface area contributed by atoms with Crippen LogP contribution in [0.1, 0.15) is 16.7 Å². The fourth-order valence-corrected chi connectivity index (χ4v) is 4.22. The van der Waals surface area contributed by atoms with Crippen LogP contribution in [0.2, 0.25) is 0 Å². The second-order valence-corrected chi connectivity index (χ2v) is 8.81. The van der Waals surface area contributed by atoms with Crippen molar-refractivity contribution in [1.29, 1.82) is 0 Å². The molecule has 0 heterocycles. The van der Waals surface area contributed by atoms with Gasteiger partial charge in [-0.25, -0.2) is 0 Å². The summed E-state index contributed by atoms with van der Waals surface area (Å²) in [6.07, 6.45) is 1.69. The van der Waals surface area contributed by atoms with Crippen LogP contribution in [0.25, 0.3) is 0 Å². The highest BCUT2D eigenvalue weighted by Gasteiger charge is 2.21. The van der Waals surface area contributed by atoms with Crippen molar-refractivity contribution < 1.29 is 17.3 Å². The van der Waals surface area contributed by atoms with Crippen LogP contribution in [-0.2, 0) is 10.1 Å². The number of nitrogens with zero attached hydrogens (tertiary/aromatic N) is 1. The summed E-state index contributed by atoms with van der Waals surface area (Å²) < 4.78 is 36.2. The molecule has 0 amide bonds. The summed E-state index contributed by atoms with van der Waals surface area (Å²) in [5.41, 5.74) is 3.93. The Hall–Kier alpha value is -2.64. The molecule has 29 heavy (non-hydrogen) atoms. The van der Waals surface area contributed by atoms with Gasteiger partial charge in [-0.1, -0.05) is 24.3 Å². The molecule has 0 aromatic heterocycles. The first-order valence-corrected chi connectivity index (χ1v) is 11.0. The molecule has 0 atom stereocenters. The van der Waals surface area contributed by atoms with E-state index in [0.29, 0.717) is 4.47 Å². The van der Waals surface area contributed by atoms with Gasteiger partial charge in [0.2, 0.25) is 0 Å². The molecule has 0 saturated carbocycles. The first-order chi connectivity index (χ1) is 13.8. The van der Waals surface area contributed by atoms with E-state index in [1.807, 2.05) is 32.0 Å². The zero-order chi connectivity index (χ0) is 21.0. The van der Waals surface area contributed by atoms with E-state index in [1.165, 1.54) is 24.8 Å². The lowest BCUT2D eigenvalue weighted by Gasteiger charge is -2.13. The van der Waals surface area contributed by atoms with E-state index in [-0.39, 0.29) is 16.4 Å². The van der Waals surface area contributed by atoms with Gasteiger partial charge in [-0.05, 0) is 82.9 Å². The monoisotopic (exact) mass is 473 g/mol. The van der Waals surface area contributed by atoms with Gasteiger partial charge in [-0.3, -0.25) is 4.99 Å². The molecule has 0 aliphatic heterocycles. The highest BCUT2D eigenvalue weighted by atomic mass is 79.9. The number of halogens is 1. The van der Waals surface area contributed by atoms with Crippen molar-refractivity contribution in [3.63, 3.8) is 0 Å². The maximum Gasteiger partial charge on any atom is 0.339 e. The summed E-state index contributed by atoms with van der Waals surface area (Å²) >= 11 is 3.38. The second kappa shape index (κ2) is 8.80. The molecular formula is C22H20BrNO4S. The minimum Gasteiger partial charge on any atom is -0.493 e. The number of ether oxygens (including phenoxy) is 1. The largest absolute Gasteiger partial charge is 0.493 e. The number of methoxy groups -OCH3 is 1. The first kappa shape index (κ1) is 21.1. The number of aliphatic imine (C=N–C) groups is 1. The number of hydrogen-bond donors (Lipinski definition) is 0. The number of benzene rings is 3. The molecule has 7 heteroatoms. The van der Waals surface area contributed by atoms with Crippen molar-refractivity contribution in [2.45, 2.75) is 18.7 Å². The van der Waals surface area contributed by atoms with Crippen molar-refractivity contribution in [2.75, 3.05) is 7.11 Å². The molecule has 3 rings (SSSR count). The molecule has 5 nitrogen and oxygen atoms in total. The molecule has 0 bridgehead atoms. The lowest BCUT2D eigenvalue weighted by molar-refractivity contribution is 0.389. The van der Waals surface area contributed by atoms with Crippen LogP contribution in [0.4, 0.5) is 5.69 Å². The third kappa shape index (κ3) is 5.05. The fraction of sp³-hybridized carbons (Fsp3) is 0.136. The molecule has 0 N–H and O–H groups in total. The molecular weight excluding hydrogens is 454 g/mol. The van der Waals surface area contributed by atoms with Crippen LogP contribution < -0.4 is 8.92 Å². The summed E-state index contributed by atoms with van der Waals surface area (Å²) in [5, 5.41) is 0. The van der Waals surface area contributed by atoms with E-state index in [2.05, 4.69) is 20.9 Å². The van der Waals surface area contributed by atoms with Crippen LogP contribution in [-0.4, -0.2) is 21.7 Å². The van der Waals surface area contributed by atoms with E-state index in [9.17, 15) is 8.42 Å². The Balaban J connectivity index is 1.91. The van der Waals surface area contributed by atoms with Gasteiger partial charge in [0.1, 0.15) is 4.90 Å². The minimum absolute atomic E-state index is 0.0642. The zero-order valence-electron chi connectivity index (χ0n) is 16.2. The molecule has 0 saturated heterocycles. The molecule has 0 unspecified atom stereocenters. The molecule has 0 radical (unpaired) electrons. The summed E-state index contributed by atoms with van der Waals surface area (Å²) in [7, 11) is -2.54. The van der Waals surface area contributed by atoms with Crippen LogP contribution in [0, 0.1) is 13.8 Å². The molecule has 3 aromatic rings. The smallest absolute Gasteiger partial charge is 0.339 e. The highest BCUT2D eigenvalue weighted by molar-refractivity contribution is 9.10. The quantitative estimate of drug-likeness (QED) is 0.345. The Morgan fingerprint density at radius 1 is 0.966 bits per heavy atom. The number of rotatable bonds is 6. The van der Waals surface area contributed by atoms with Crippen molar-refractivity contribution in [3.8, 4) is 11.5 Å². The van der Waals surface area contributed by atoms with E-state index in [0.717, 1.165) is 16.8 Å².